The number of para-hydroxylation sites is 2. The zero-order valence-corrected chi connectivity index (χ0v) is 16.1. The van der Waals surface area contributed by atoms with Crippen molar-refractivity contribution in [2.75, 3.05) is 19.8 Å². The van der Waals surface area contributed by atoms with Crippen molar-refractivity contribution in [2.45, 2.75) is 33.0 Å². The standard InChI is InChI=1S/C20H24N2O6/c1-11-18(13(3)23)12(2)22-19(11)20(25)27-10-17(24)21-8-14-9-26-15-6-4-5-7-16(15)28-14/h4-7,13-14,22-23H,8-10H2,1-3H3,(H,21,24)/t13-,14-/m0/s1. The van der Waals surface area contributed by atoms with Gasteiger partial charge in [0.15, 0.2) is 18.1 Å². The molecule has 1 aromatic carbocycles. The van der Waals surface area contributed by atoms with Crippen LogP contribution < -0.4 is 14.8 Å². The highest BCUT2D eigenvalue weighted by Crippen LogP contribution is 2.30. The van der Waals surface area contributed by atoms with Crippen molar-refractivity contribution in [1.29, 1.82) is 0 Å². The fourth-order valence-electron chi connectivity index (χ4n) is 3.24. The van der Waals surface area contributed by atoms with Crippen LogP contribution in [0.15, 0.2) is 24.3 Å². The van der Waals surface area contributed by atoms with Crippen LogP contribution in [0.25, 0.3) is 0 Å². The minimum atomic E-state index is -0.705. The topological polar surface area (TPSA) is 110 Å². The van der Waals surface area contributed by atoms with Crippen molar-refractivity contribution in [3.05, 3.63) is 46.8 Å². The number of aromatic amines is 1. The predicted molar refractivity (Wildman–Crippen MR) is 101 cm³/mol. The van der Waals surface area contributed by atoms with E-state index in [4.69, 9.17) is 14.2 Å². The molecule has 0 saturated carbocycles. The molecule has 0 spiro atoms. The van der Waals surface area contributed by atoms with Crippen molar-refractivity contribution >= 4 is 11.9 Å². The molecule has 0 aliphatic carbocycles. The first kappa shape index (κ1) is 19.8. The van der Waals surface area contributed by atoms with Crippen LogP contribution >= 0.6 is 0 Å². The molecule has 3 rings (SSSR count). The normalized spacial score (nSPS) is 16.4. The number of ether oxygens (including phenoxy) is 3. The third kappa shape index (κ3) is 4.28. The van der Waals surface area contributed by atoms with Gasteiger partial charge in [-0.3, -0.25) is 4.79 Å². The first-order chi connectivity index (χ1) is 13.4. The number of aliphatic hydroxyl groups is 1. The number of hydrogen-bond donors (Lipinski definition) is 3. The van der Waals surface area contributed by atoms with Gasteiger partial charge < -0.3 is 29.6 Å². The summed E-state index contributed by atoms with van der Waals surface area (Å²) in [5.41, 5.74) is 2.20. The number of carbonyl (C=O) groups excluding carboxylic acids is 2. The molecule has 8 nitrogen and oxygen atoms in total. The van der Waals surface area contributed by atoms with Gasteiger partial charge in [0, 0.05) is 11.3 Å². The lowest BCUT2D eigenvalue weighted by Gasteiger charge is -2.26. The smallest absolute Gasteiger partial charge is 0.355 e. The number of benzene rings is 1. The maximum absolute atomic E-state index is 12.2. The van der Waals surface area contributed by atoms with Crippen LogP contribution in [0.1, 0.15) is 40.3 Å². The fraction of sp³-hybridized carbons (Fsp3) is 0.400. The fourth-order valence-corrected chi connectivity index (χ4v) is 3.24. The number of fused-ring (bicyclic) bond motifs is 1. The molecule has 150 valence electrons. The van der Waals surface area contributed by atoms with Crippen LogP contribution in [-0.2, 0) is 9.53 Å². The Hall–Kier alpha value is -3.00. The van der Waals surface area contributed by atoms with Gasteiger partial charge in [-0.05, 0) is 38.5 Å². The van der Waals surface area contributed by atoms with E-state index in [0.29, 0.717) is 34.9 Å². The summed E-state index contributed by atoms with van der Waals surface area (Å²) in [7, 11) is 0. The van der Waals surface area contributed by atoms with Crippen molar-refractivity contribution in [2.24, 2.45) is 0 Å². The number of hydrogen-bond acceptors (Lipinski definition) is 6. The Morgan fingerprint density at radius 3 is 2.71 bits per heavy atom. The Kier molecular flexibility index (Phi) is 5.89. The zero-order valence-electron chi connectivity index (χ0n) is 16.1. The van der Waals surface area contributed by atoms with Crippen molar-refractivity contribution < 1.29 is 28.9 Å². The maximum Gasteiger partial charge on any atom is 0.355 e. The molecule has 2 heterocycles. The molecular weight excluding hydrogens is 364 g/mol. The second-order valence-corrected chi connectivity index (χ2v) is 6.72. The number of aliphatic hydroxyl groups excluding tert-OH is 1. The minimum absolute atomic E-state index is 0.234. The van der Waals surface area contributed by atoms with Crippen LogP contribution in [0.5, 0.6) is 11.5 Å². The molecule has 8 heteroatoms. The van der Waals surface area contributed by atoms with Gasteiger partial charge in [0.25, 0.3) is 5.91 Å². The highest BCUT2D eigenvalue weighted by Gasteiger charge is 2.23. The van der Waals surface area contributed by atoms with Gasteiger partial charge in [-0.25, -0.2) is 4.79 Å². The average molecular weight is 388 g/mol. The highest BCUT2D eigenvalue weighted by atomic mass is 16.6. The number of nitrogens with one attached hydrogen (secondary N) is 2. The molecule has 0 radical (unpaired) electrons. The molecule has 1 aliphatic heterocycles. The number of rotatable bonds is 6. The van der Waals surface area contributed by atoms with Crippen LogP contribution in [0, 0.1) is 13.8 Å². The molecule has 0 bridgehead atoms. The van der Waals surface area contributed by atoms with Gasteiger partial charge >= 0.3 is 5.97 Å². The lowest BCUT2D eigenvalue weighted by atomic mass is 10.1. The third-order valence-corrected chi connectivity index (χ3v) is 4.55. The van der Waals surface area contributed by atoms with E-state index in [1.165, 1.54) is 0 Å². The highest BCUT2D eigenvalue weighted by molar-refractivity contribution is 5.91. The van der Waals surface area contributed by atoms with Gasteiger partial charge in [0.05, 0.1) is 12.6 Å². The lowest BCUT2D eigenvalue weighted by molar-refractivity contribution is -0.124. The van der Waals surface area contributed by atoms with Crippen molar-refractivity contribution in [1.82, 2.24) is 10.3 Å². The van der Waals surface area contributed by atoms with E-state index >= 15 is 0 Å². The van der Waals surface area contributed by atoms with Gasteiger partial charge in [0.2, 0.25) is 0 Å². The summed E-state index contributed by atoms with van der Waals surface area (Å²) in [5, 5.41) is 12.5. The number of amides is 1. The lowest BCUT2D eigenvalue weighted by Crippen LogP contribution is -2.42. The van der Waals surface area contributed by atoms with Crippen molar-refractivity contribution in [3.63, 3.8) is 0 Å². The Morgan fingerprint density at radius 1 is 1.32 bits per heavy atom. The second-order valence-electron chi connectivity index (χ2n) is 6.72. The molecule has 1 aromatic heterocycles. The number of H-pyrrole nitrogens is 1. The van der Waals surface area contributed by atoms with Crippen LogP contribution in [0.3, 0.4) is 0 Å². The van der Waals surface area contributed by atoms with Gasteiger partial charge in [-0.15, -0.1) is 0 Å². The molecule has 3 N–H and O–H groups in total. The van der Waals surface area contributed by atoms with Crippen molar-refractivity contribution in [3.8, 4) is 11.5 Å². The summed E-state index contributed by atoms with van der Waals surface area (Å²) in [6.45, 7) is 5.26. The van der Waals surface area contributed by atoms with E-state index in [2.05, 4.69) is 10.3 Å². The SMILES string of the molecule is Cc1[nH]c(C(=O)OCC(=O)NC[C@H]2COc3ccccc3O2)c(C)c1[C@H](C)O. The Morgan fingerprint density at radius 2 is 2.04 bits per heavy atom. The van der Waals surface area contributed by atoms with E-state index in [1.807, 2.05) is 18.2 Å². The summed E-state index contributed by atoms with van der Waals surface area (Å²) in [6, 6.07) is 7.32. The number of aryl methyl sites for hydroxylation is 1. The molecule has 2 aromatic rings. The van der Waals surface area contributed by atoms with E-state index < -0.39 is 24.6 Å². The van der Waals surface area contributed by atoms with Crippen LogP contribution in [-0.4, -0.2) is 47.8 Å². The number of esters is 1. The molecule has 2 atom stereocenters. The summed E-state index contributed by atoms with van der Waals surface area (Å²) < 4.78 is 16.4. The molecule has 1 amide bonds. The zero-order chi connectivity index (χ0) is 20.3. The molecule has 28 heavy (non-hydrogen) atoms. The summed E-state index contributed by atoms with van der Waals surface area (Å²) >= 11 is 0. The molecule has 0 saturated heterocycles. The first-order valence-electron chi connectivity index (χ1n) is 9.06. The number of carbonyl (C=O) groups is 2. The number of aromatic nitrogens is 1. The summed E-state index contributed by atoms with van der Waals surface area (Å²) in [6.07, 6.45) is -1.03. The summed E-state index contributed by atoms with van der Waals surface area (Å²) in [4.78, 5) is 27.1. The Bertz CT molecular complexity index is 874. The molecule has 0 unspecified atom stereocenters. The van der Waals surface area contributed by atoms with Crippen LogP contribution in [0.2, 0.25) is 0 Å². The van der Waals surface area contributed by atoms with Gasteiger partial charge in [0.1, 0.15) is 18.4 Å². The minimum Gasteiger partial charge on any atom is -0.486 e. The third-order valence-electron chi connectivity index (χ3n) is 4.55. The van der Waals surface area contributed by atoms with E-state index in [0.717, 1.165) is 0 Å². The molecule has 0 fully saturated rings. The quantitative estimate of drug-likeness (QED) is 0.651. The van der Waals surface area contributed by atoms with Crippen LogP contribution in [0.4, 0.5) is 0 Å². The second kappa shape index (κ2) is 8.35. The van der Waals surface area contributed by atoms with E-state index in [9.17, 15) is 14.7 Å². The Balaban J connectivity index is 1.47. The monoisotopic (exact) mass is 388 g/mol. The first-order valence-corrected chi connectivity index (χ1v) is 9.06. The Labute approximate surface area is 162 Å². The van der Waals surface area contributed by atoms with Gasteiger partial charge in [-0.2, -0.15) is 0 Å². The average Bonchev–Trinajstić information content (AvgIpc) is 2.98. The van der Waals surface area contributed by atoms with E-state index in [-0.39, 0.29) is 18.3 Å². The molecular formula is C20H24N2O6. The maximum atomic E-state index is 12.2. The predicted octanol–water partition coefficient (Wildman–Crippen LogP) is 1.80. The van der Waals surface area contributed by atoms with E-state index in [1.54, 1.807) is 26.8 Å². The molecule has 1 aliphatic rings. The largest absolute Gasteiger partial charge is 0.486 e. The summed E-state index contributed by atoms with van der Waals surface area (Å²) in [5.74, 6) is 0.222. The van der Waals surface area contributed by atoms with Gasteiger partial charge in [-0.1, -0.05) is 12.1 Å².